The third-order valence-corrected chi connectivity index (χ3v) is 3.79. The highest BCUT2D eigenvalue weighted by molar-refractivity contribution is 8.00. The molecule has 0 radical (unpaired) electrons. The fraction of sp³-hybridized carbons (Fsp3) is 0.636. The van der Waals surface area contributed by atoms with Gasteiger partial charge in [-0.1, -0.05) is 0 Å². The van der Waals surface area contributed by atoms with E-state index >= 15 is 0 Å². The lowest BCUT2D eigenvalue weighted by Gasteiger charge is -2.05. The van der Waals surface area contributed by atoms with Crippen molar-refractivity contribution >= 4 is 17.5 Å². The van der Waals surface area contributed by atoms with Gasteiger partial charge in [0.1, 0.15) is 5.78 Å². The van der Waals surface area contributed by atoms with Crippen LogP contribution in [-0.4, -0.2) is 27.1 Å². The van der Waals surface area contributed by atoms with Gasteiger partial charge in [-0.2, -0.15) is 16.9 Å². The molecule has 82 valence electrons. The minimum atomic E-state index is 0.200. The number of hydrogen-bond donors (Lipinski definition) is 0. The van der Waals surface area contributed by atoms with Crippen molar-refractivity contribution < 1.29 is 4.79 Å². The smallest absolute Gasteiger partial charge is 0.147 e. The van der Waals surface area contributed by atoms with Crippen LogP contribution in [0.2, 0.25) is 0 Å². The molecule has 1 unspecified atom stereocenters. The van der Waals surface area contributed by atoms with Gasteiger partial charge in [-0.05, 0) is 19.9 Å². The standard InChI is InChI=1S/C11H16N2OS/c1-8(2)13-4-3-10(12-13)5-9-6-15-7-11(9)14/h3-4,8-9H,5-7H2,1-2H3. The van der Waals surface area contributed by atoms with E-state index in [1.165, 1.54) is 0 Å². The predicted octanol–water partition coefficient (Wildman–Crippen LogP) is 1.94. The summed E-state index contributed by atoms with van der Waals surface area (Å²) in [5.41, 5.74) is 1.05. The molecule has 0 aliphatic carbocycles. The first-order valence-corrected chi connectivity index (χ1v) is 6.47. The van der Waals surface area contributed by atoms with Crippen molar-refractivity contribution in [1.29, 1.82) is 0 Å². The van der Waals surface area contributed by atoms with E-state index in [0.29, 0.717) is 17.6 Å². The number of rotatable bonds is 3. The summed E-state index contributed by atoms with van der Waals surface area (Å²) in [6.07, 6.45) is 2.80. The number of Topliss-reactive ketones (excluding diaryl/α,β-unsaturated/α-hetero) is 1. The normalized spacial score (nSPS) is 21.5. The van der Waals surface area contributed by atoms with E-state index in [2.05, 4.69) is 18.9 Å². The van der Waals surface area contributed by atoms with Crippen LogP contribution in [0, 0.1) is 5.92 Å². The molecule has 1 aromatic heterocycles. The van der Waals surface area contributed by atoms with Crippen molar-refractivity contribution in [2.75, 3.05) is 11.5 Å². The molecule has 1 aliphatic rings. The Balaban J connectivity index is 2.01. The number of aromatic nitrogens is 2. The Morgan fingerprint density at radius 2 is 2.47 bits per heavy atom. The van der Waals surface area contributed by atoms with Crippen LogP contribution >= 0.6 is 11.8 Å². The van der Waals surface area contributed by atoms with Crippen LogP contribution in [0.15, 0.2) is 12.3 Å². The first-order chi connectivity index (χ1) is 7.16. The van der Waals surface area contributed by atoms with Crippen LogP contribution in [0.3, 0.4) is 0 Å². The Kier molecular flexibility index (Phi) is 3.14. The van der Waals surface area contributed by atoms with Gasteiger partial charge in [0.2, 0.25) is 0 Å². The summed E-state index contributed by atoms with van der Waals surface area (Å²) in [4.78, 5) is 11.5. The van der Waals surface area contributed by atoms with Gasteiger partial charge in [-0.25, -0.2) is 0 Å². The molecule has 2 rings (SSSR count). The summed E-state index contributed by atoms with van der Waals surface area (Å²) in [6.45, 7) is 4.21. The van der Waals surface area contributed by atoms with E-state index in [-0.39, 0.29) is 5.92 Å². The second-order valence-corrected chi connectivity index (χ2v) is 5.29. The largest absolute Gasteiger partial charge is 0.298 e. The molecule has 15 heavy (non-hydrogen) atoms. The molecule has 0 bridgehead atoms. The number of hydrogen-bond acceptors (Lipinski definition) is 3. The van der Waals surface area contributed by atoms with Crippen molar-refractivity contribution in [3.8, 4) is 0 Å². The molecule has 2 heterocycles. The van der Waals surface area contributed by atoms with Crippen LogP contribution in [0.25, 0.3) is 0 Å². The summed E-state index contributed by atoms with van der Waals surface area (Å²) in [6, 6.07) is 2.42. The Hall–Kier alpha value is -0.770. The van der Waals surface area contributed by atoms with Crippen molar-refractivity contribution in [2.24, 2.45) is 5.92 Å². The number of carbonyl (C=O) groups is 1. The highest BCUT2D eigenvalue weighted by Gasteiger charge is 2.25. The molecule has 0 aromatic carbocycles. The summed E-state index contributed by atoms with van der Waals surface area (Å²) < 4.78 is 1.95. The maximum Gasteiger partial charge on any atom is 0.147 e. The summed E-state index contributed by atoms with van der Waals surface area (Å²) in [5.74, 6) is 2.24. The fourth-order valence-corrected chi connectivity index (χ4v) is 2.85. The van der Waals surface area contributed by atoms with E-state index in [1.807, 2.05) is 16.9 Å². The van der Waals surface area contributed by atoms with Gasteiger partial charge in [0, 0.05) is 30.3 Å². The highest BCUT2D eigenvalue weighted by atomic mass is 32.2. The number of ketones is 1. The summed E-state index contributed by atoms with van der Waals surface area (Å²) in [5, 5.41) is 4.46. The van der Waals surface area contributed by atoms with Crippen LogP contribution in [0.5, 0.6) is 0 Å². The van der Waals surface area contributed by atoms with Crippen molar-refractivity contribution in [2.45, 2.75) is 26.3 Å². The molecule has 1 saturated heterocycles. The Morgan fingerprint density at radius 3 is 3.00 bits per heavy atom. The van der Waals surface area contributed by atoms with E-state index in [9.17, 15) is 4.79 Å². The van der Waals surface area contributed by atoms with Crippen molar-refractivity contribution in [3.63, 3.8) is 0 Å². The zero-order valence-electron chi connectivity index (χ0n) is 9.14. The maximum atomic E-state index is 11.5. The average Bonchev–Trinajstić information content (AvgIpc) is 2.77. The molecule has 1 aliphatic heterocycles. The lowest BCUT2D eigenvalue weighted by atomic mass is 10.0. The van der Waals surface area contributed by atoms with E-state index in [0.717, 1.165) is 17.9 Å². The third kappa shape index (κ3) is 2.43. The number of thioether (sulfide) groups is 1. The minimum Gasteiger partial charge on any atom is -0.298 e. The molecule has 1 aromatic rings. The van der Waals surface area contributed by atoms with E-state index in [4.69, 9.17) is 0 Å². The SMILES string of the molecule is CC(C)n1ccc(CC2CSCC2=O)n1. The van der Waals surface area contributed by atoms with Crippen LogP contribution in [-0.2, 0) is 11.2 Å². The molecular weight excluding hydrogens is 208 g/mol. The van der Waals surface area contributed by atoms with E-state index < -0.39 is 0 Å². The molecule has 0 amide bonds. The monoisotopic (exact) mass is 224 g/mol. The van der Waals surface area contributed by atoms with Gasteiger partial charge >= 0.3 is 0 Å². The topological polar surface area (TPSA) is 34.9 Å². The molecule has 3 nitrogen and oxygen atoms in total. The lowest BCUT2D eigenvalue weighted by molar-refractivity contribution is -0.119. The summed E-state index contributed by atoms with van der Waals surface area (Å²) in [7, 11) is 0. The van der Waals surface area contributed by atoms with Gasteiger partial charge < -0.3 is 0 Å². The van der Waals surface area contributed by atoms with Crippen LogP contribution < -0.4 is 0 Å². The van der Waals surface area contributed by atoms with Crippen LogP contribution in [0.1, 0.15) is 25.6 Å². The average molecular weight is 224 g/mol. The van der Waals surface area contributed by atoms with Gasteiger partial charge in [0.05, 0.1) is 11.4 Å². The van der Waals surface area contributed by atoms with Crippen molar-refractivity contribution in [1.82, 2.24) is 9.78 Å². The lowest BCUT2D eigenvalue weighted by Crippen LogP contribution is -2.14. The second kappa shape index (κ2) is 4.39. The van der Waals surface area contributed by atoms with Crippen molar-refractivity contribution in [3.05, 3.63) is 18.0 Å². The molecule has 1 fully saturated rings. The number of nitrogens with zero attached hydrogens (tertiary/aromatic N) is 2. The quantitative estimate of drug-likeness (QED) is 0.787. The van der Waals surface area contributed by atoms with Crippen LogP contribution in [0.4, 0.5) is 0 Å². The predicted molar refractivity (Wildman–Crippen MR) is 62.1 cm³/mol. The zero-order chi connectivity index (χ0) is 10.8. The zero-order valence-corrected chi connectivity index (χ0v) is 9.96. The summed E-state index contributed by atoms with van der Waals surface area (Å²) >= 11 is 1.74. The third-order valence-electron chi connectivity index (χ3n) is 2.67. The fourth-order valence-electron chi connectivity index (χ4n) is 1.71. The second-order valence-electron chi connectivity index (χ2n) is 4.26. The molecule has 0 N–H and O–H groups in total. The van der Waals surface area contributed by atoms with Gasteiger partial charge in [0.15, 0.2) is 0 Å². The number of carbonyl (C=O) groups excluding carboxylic acids is 1. The first kappa shape index (κ1) is 10.7. The Bertz CT molecular complexity index is 359. The molecular formula is C11H16N2OS. The molecule has 0 spiro atoms. The van der Waals surface area contributed by atoms with Gasteiger partial charge in [-0.3, -0.25) is 9.48 Å². The Labute approximate surface area is 94.2 Å². The van der Waals surface area contributed by atoms with Gasteiger partial charge in [0.25, 0.3) is 0 Å². The Morgan fingerprint density at radius 1 is 1.67 bits per heavy atom. The van der Waals surface area contributed by atoms with E-state index in [1.54, 1.807) is 11.8 Å². The van der Waals surface area contributed by atoms with Gasteiger partial charge in [-0.15, -0.1) is 0 Å². The first-order valence-electron chi connectivity index (χ1n) is 5.31. The molecule has 0 saturated carbocycles. The molecule has 1 atom stereocenters. The molecule has 4 heteroatoms. The minimum absolute atomic E-state index is 0.200. The highest BCUT2D eigenvalue weighted by Crippen LogP contribution is 2.23. The maximum absolute atomic E-state index is 11.5.